The number of amides is 2. The Balaban J connectivity index is 1.79. The van der Waals surface area contributed by atoms with Gasteiger partial charge < -0.3 is 9.30 Å². The summed E-state index contributed by atoms with van der Waals surface area (Å²) >= 11 is 4.80. The maximum Gasteiger partial charge on any atom is 0.263 e. The number of nitrogens with zero attached hydrogens (tertiary/aromatic N) is 1. The van der Waals surface area contributed by atoms with Crippen LogP contribution in [-0.4, -0.2) is 34.2 Å². The molecular weight excluding hydrogens is 314 g/mol. The van der Waals surface area contributed by atoms with Gasteiger partial charge in [0.15, 0.2) is 5.11 Å². The number of aromatic nitrogens is 1. The number of ether oxygens (including phenoxy) is 1. The lowest BCUT2D eigenvalue weighted by molar-refractivity contribution is -0.123. The molecule has 116 valence electrons. The van der Waals surface area contributed by atoms with E-state index in [1.165, 1.54) is 0 Å². The predicted octanol–water partition coefficient (Wildman–Crippen LogP) is 0.954. The maximum absolute atomic E-state index is 12.0. The van der Waals surface area contributed by atoms with Gasteiger partial charge in [-0.1, -0.05) is 18.2 Å². The summed E-state index contributed by atoms with van der Waals surface area (Å²) in [5.41, 5.74) is 1.90. The van der Waals surface area contributed by atoms with Crippen molar-refractivity contribution in [2.45, 2.75) is 12.6 Å². The Hall–Kier alpha value is -2.51. The van der Waals surface area contributed by atoms with Crippen LogP contribution in [0.4, 0.5) is 0 Å². The molecule has 1 aromatic carbocycles. The second kappa shape index (κ2) is 5.29. The third-order valence-electron chi connectivity index (χ3n) is 3.87. The summed E-state index contributed by atoms with van der Waals surface area (Å²) in [6.45, 7) is 1.53. The van der Waals surface area contributed by atoms with Crippen LogP contribution in [-0.2, 0) is 20.9 Å². The SMILES string of the molecule is O=C1NC(=S)NC(=O)C1=Cc1cn(CC2CO2)c2ccccc12. The lowest BCUT2D eigenvalue weighted by atomic mass is 10.1. The molecule has 2 amide bonds. The van der Waals surface area contributed by atoms with Crippen molar-refractivity contribution in [1.82, 2.24) is 15.2 Å². The van der Waals surface area contributed by atoms with E-state index in [9.17, 15) is 9.59 Å². The van der Waals surface area contributed by atoms with Crippen LogP contribution >= 0.6 is 12.2 Å². The van der Waals surface area contributed by atoms with E-state index in [4.69, 9.17) is 17.0 Å². The van der Waals surface area contributed by atoms with Gasteiger partial charge in [0.25, 0.3) is 11.8 Å². The van der Waals surface area contributed by atoms with Crippen molar-refractivity contribution in [1.29, 1.82) is 0 Å². The van der Waals surface area contributed by atoms with Gasteiger partial charge in [0.2, 0.25) is 0 Å². The molecule has 2 aromatic rings. The number of hydrogen-bond donors (Lipinski definition) is 2. The molecular formula is C16H13N3O3S. The number of carbonyl (C=O) groups is 2. The zero-order chi connectivity index (χ0) is 16.0. The van der Waals surface area contributed by atoms with Crippen LogP contribution in [0.5, 0.6) is 0 Å². The molecule has 7 heteroatoms. The number of fused-ring (bicyclic) bond motifs is 1. The Bertz CT molecular complexity index is 858. The molecule has 3 heterocycles. The Labute approximate surface area is 137 Å². The molecule has 2 aliphatic rings. The molecule has 0 aliphatic carbocycles. The molecule has 0 spiro atoms. The normalized spacial score (nSPS) is 20.4. The number of benzene rings is 1. The third-order valence-corrected chi connectivity index (χ3v) is 4.07. The number of epoxide rings is 1. The minimum atomic E-state index is -0.485. The first-order valence-electron chi connectivity index (χ1n) is 7.19. The quantitative estimate of drug-likeness (QED) is 0.381. The van der Waals surface area contributed by atoms with Gasteiger partial charge in [-0.15, -0.1) is 0 Å². The average Bonchev–Trinajstić information content (AvgIpc) is 3.26. The topological polar surface area (TPSA) is 75.7 Å². The second-order valence-corrected chi connectivity index (χ2v) is 5.91. The van der Waals surface area contributed by atoms with Crippen LogP contribution in [0.1, 0.15) is 5.56 Å². The van der Waals surface area contributed by atoms with Crippen molar-refractivity contribution >= 4 is 46.1 Å². The number of carbonyl (C=O) groups excluding carboxylic acids is 2. The molecule has 2 fully saturated rings. The Morgan fingerprint density at radius 1 is 1.26 bits per heavy atom. The van der Waals surface area contributed by atoms with Crippen LogP contribution < -0.4 is 10.6 Å². The number of para-hydroxylation sites is 1. The molecule has 2 N–H and O–H groups in total. The molecule has 0 saturated carbocycles. The Kier molecular flexibility index (Phi) is 3.24. The highest BCUT2D eigenvalue weighted by molar-refractivity contribution is 7.80. The first-order chi connectivity index (χ1) is 11.1. The third kappa shape index (κ3) is 2.64. The summed E-state index contributed by atoms with van der Waals surface area (Å²) in [6, 6.07) is 7.87. The zero-order valence-electron chi connectivity index (χ0n) is 12.0. The van der Waals surface area contributed by atoms with E-state index in [2.05, 4.69) is 15.2 Å². The number of thiocarbonyl (C=S) groups is 1. The van der Waals surface area contributed by atoms with Crippen LogP contribution in [0.25, 0.3) is 17.0 Å². The highest BCUT2D eigenvalue weighted by Crippen LogP contribution is 2.26. The van der Waals surface area contributed by atoms with Crippen LogP contribution in [0.15, 0.2) is 36.0 Å². The second-order valence-electron chi connectivity index (χ2n) is 5.50. The number of nitrogens with one attached hydrogen (secondary N) is 2. The summed E-state index contributed by atoms with van der Waals surface area (Å²) in [5.74, 6) is -0.970. The van der Waals surface area contributed by atoms with E-state index >= 15 is 0 Å². The monoisotopic (exact) mass is 327 g/mol. The Morgan fingerprint density at radius 2 is 1.96 bits per heavy atom. The van der Waals surface area contributed by atoms with Crippen molar-refractivity contribution in [2.75, 3.05) is 6.61 Å². The Morgan fingerprint density at radius 3 is 2.65 bits per heavy atom. The van der Waals surface area contributed by atoms with Gasteiger partial charge in [-0.05, 0) is 24.4 Å². The fourth-order valence-corrected chi connectivity index (χ4v) is 2.88. The molecule has 1 atom stereocenters. The van der Waals surface area contributed by atoms with Crippen molar-refractivity contribution in [3.63, 3.8) is 0 Å². The van der Waals surface area contributed by atoms with Gasteiger partial charge in [-0.25, -0.2) is 0 Å². The van der Waals surface area contributed by atoms with Gasteiger partial charge >= 0.3 is 0 Å². The zero-order valence-corrected chi connectivity index (χ0v) is 12.9. The smallest absolute Gasteiger partial charge is 0.263 e. The highest BCUT2D eigenvalue weighted by atomic mass is 32.1. The average molecular weight is 327 g/mol. The number of hydrogen-bond acceptors (Lipinski definition) is 4. The molecule has 23 heavy (non-hydrogen) atoms. The van der Waals surface area contributed by atoms with Gasteiger partial charge in [0, 0.05) is 22.7 Å². The molecule has 1 unspecified atom stereocenters. The van der Waals surface area contributed by atoms with E-state index in [0.29, 0.717) is 0 Å². The van der Waals surface area contributed by atoms with Gasteiger partial charge in [-0.2, -0.15) is 0 Å². The van der Waals surface area contributed by atoms with E-state index in [1.807, 2.05) is 30.5 Å². The minimum Gasteiger partial charge on any atom is -0.371 e. The van der Waals surface area contributed by atoms with Crippen LogP contribution in [0, 0.1) is 0 Å². The predicted molar refractivity (Wildman–Crippen MR) is 88.5 cm³/mol. The molecule has 4 rings (SSSR count). The largest absolute Gasteiger partial charge is 0.371 e. The minimum absolute atomic E-state index is 0.0328. The van der Waals surface area contributed by atoms with Crippen molar-refractivity contribution < 1.29 is 14.3 Å². The van der Waals surface area contributed by atoms with Gasteiger partial charge in [-0.3, -0.25) is 20.2 Å². The summed E-state index contributed by atoms with van der Waals surface area (Å²) in [5, 5.41) is 5.90. The van der Waals surface area contributed by atoms with Crippen molar-refractivity contribution in [2.24, 2.45) is 0 Å². The van der Waals surface area contributed by atoms with Crippen LogP contribution in [0.3, 0.4) is 0 Å². The first-order valence-corrected chi connectivity index (χ1v) is 7.60. The van der Waals surface area contributed by atoms with Gasteiger partial charge in [0.1, 0.15) is 5.57 Å². The summed E-state index contributed by atoms with van der Waals surface area (Å²) < 4.78 is 7.37. The van der Waals surface area contributed by atoms with E-state index < -0.39 is 11.8 Å². The number of rotatable bonds is 3. The van der Waals surface area contributed by atoms with Gasteiger partial charge in [0.05, 0.1) is 19.3 Å². The molecule has 0 bridgehead atoms. The summed E-state index contributed by atoms with van der Waals surface area (Å²) in [7, 11) is 0. The lowest BCUT2D eigenvalue weighted by Gasteiger charge is -2.16. The fourth-order valence-electron chi connectivity index (χ4n) is 2.70. The molecule has 1 aromatic heterocycles. The molecule has 0 radical (unpaired) electrons. The van der Waals surface area contributed by atoms with E-state index in [0.717, 1.165) is 29.6 Å². The molecule has 6 nitrogen and oxygen atoms in total. The molecule has 2 saturated heterocycles. The van der Waals surface area contributed by atoms with E-state index in [-0.39, 0.29) is 16.8 Å². The lowest BCUT2D eigenvalue weighted by Crippen LogP contribution is -2.51. The fraction of sp³-hybridized carbons (Fsp3) is 0.188. The van der Waals surface area contributed by atoms with Crippen molar-refractivity contribution in [3.8, 4) is 0 Å². The first kappa shape index (κ1) is 14.1. The summed E-state index contributed by atoms with van der Waals surface area (Å²) in [6.07, 6.45) is 3.77. The van der Waals surface area contributed by atoms with Crippen molar-refractivity contribution in [3.05, 3.63) is 41.6 Å². The maximum atomic E-state index is 12.0. The summed E-state index contributed by atoms with van der Waals surface area (Å²) in [4.78, 5) is 24.0. The molecule has 2 aliphatic heterocycles. The standard InChI is InChI=1S/C16H13N3O3S/c20-14-12(15(21)18-16(23)17-14)5-9-6-19(7-10-8-22-10)13-4-2-1-3-11(9)13/h1-6,10H,7-8H2,(H2,17,18,20,21,23). The van der Waals surface area contributed by atoms with Crippen LogP contribution in [0.2, 0.25) is 0 Å². The van der Waals surface area contributed by atoms with E-state index in [1.54, 1.807) is 6.08 Å². The highest BCUT2D eigenvalue weighted by Gasteiger charge is 2.27.